The summed E-state index contributed by atoms with van der Waals surface area (Å²) in [5, 5.41) is 6.84. The van der Waals surface area contributed by atoms with Gasteiger partial charge in [0.2, 0.25) is 0 Å². The predicted molar refractivity (Wildman–Crippen MR) is 89.2 cm³/mol. The Kier molecular flexibility index (Phi) is 3.45. The van der Waals surface area contributed by atoms with Crippen LogP contribution in [0.15, 0.2) is 41.3 Å². The van der Waals surface area contributed by atoms with E-state index in [0.29, 0.717) is 10.7 Å². The van der Waals surface area contributed by atoms with Crippen LogP contribution >= 0.6 is 11.6 Å². The molecule has 5 nitrogen and oxygen atoms in total. The Labute approximate surface area is 132 Å². The van der Waals surface area contributed by atoms with E-state index in [4.69, 9.17) is 11.6 Å². The number of hydrogen-bond acceptors (Lipinski definition) is 3. The first kappa shape index (κ1) is 14.7. The summed E-state index contributed by atoms with van der Waals surface area (Å²) in [6, 6.07) is 8.92. The van der Waals surface area contributed by atoms with Crippen LogP contribution in [0.4, 0.5) is 11.4 Å². The van der Waals surface area contributed by atoms with Gasteiger partial charge in [0.25, 0.3) is 5.56 Å². The number of fused-ring (bicyclic) bond motifs is 1. The first-order chi connectivity index (χ1) is 10.3. The topological polar surface area (TPSA) is 62.2 Å². The van der Waals surface area contributed by atoms with E-state index >= 15 is 0 Å². The molecule has 0 fully saturated rings. The minimum Gasteiger partial charge on any atom is -0.351 e. The van der Waals surface area contributed by atoms with E-state index in [0.717, 1.165) is 17.1 Å². The van der Waals surface area contributed by atoms with Gasteiger partial charge in [0.1, 0.15) is 5.69 Å². The lowest BCUT2D eigenvalue weighted by Crippen LogP contribution is -2.22. The summed E-state index contributed by atoms with van der Waals surface area (Å²) in [4.78, 5) is 16.8. The van der Waals surface area contributed by atoms with Crippen LogP contribution in [0.3, 0.4) is 0 Å². The number of hydrogen-bond donors (Lipinski definition) is 2. The summed E-state index contributed by atoms with van der Waals surface area (Å²) in [5.74, 6) is 0. The standard InChI is InChI=1S/C16H17ClN4O/c1-16(2,3)13-8-14(22)21-15(20-13)12(9-18-21)19-11-6-4-10(17)5-7-11/h4-9,18-19H,1-3H3. The van der Waals surface area contributed by atoms with Gasteiger partial charge in [-0.1, -0.05) is 32.4 Å². The van der Waals surface area contributed by atoms with Crippen LogP contribution in [-0.2, 0) is 5.41 Å². The van der Waals surface area contributed by atoms with Crippen LogP contribution in [-0.4, -0.2) is 14.6 Å². The van der Waals surface area contributed by atoms with E-state index in [9.17, 15) is 4.79 Å². The molecule has 3 rings (SSSR count). The molecule has 0 atom stereocenters. The summed E-state index contributed by atoms with van der Waals surface area (Å²) in [6.45, 7) is 6.10. The van der Waals surface area contributed by atoms with Gasteiger partial charge in [0.15, 0.2) is 5.65 Å². The number of H-pyrrole nitrogens is 1. The van der Waals surface area contributed by atoms with Crippen molar-refractivity contribution in [2.24, 2.45) is 0 Å². The Morgan fingerprint density at radius 2 is 1.91 bits per heavy atom. The fraction of sp³-hybridized carbons (Fsp3) is 0.250. The van der Waals surface area contributed by atoms with E-state index in [1.807, 2.05) is 32.9 Å². The molecule has 1 aromatic carbocycles. The number of rotatable bonds is 2. The minimum atomic E-state index is -0.192. The smallest absolute Gasteiger partial charge is 0.272 e. The summed E-state index contributed by atoms with van der Waals surface area (Å²) in [5.41, 5.74) is 2.64. The quantitative estimate of drug-likeness (QED) is 0.757. The Morgan fingerprint density at radius 3 is 2.55 bits per heavy atom. The van der Waals surface area contributed by atoms with Gasteiger partial charge in [0, 0.05) is 28.4 Å². The van der Waals surface area contributed by atoms with Crippen molar-refractivity contribution >= 4 is 28.6 Å². The van der Waals surface area contributed by atoms with Crippen molar-refractivity contribution in [2.45, 2.75) is 26.2 Å². The van der Waals surface area contributed by atoms with Gasteiger partial charge < -0.3 is 5.32 Å². The average molecular weight is 317 g/mol. The lowest BCUT2D eigenvalue weighted by atomic mass is 9.92. The first-order valence-corrected chi connectivity index (χ1v) is 7.37. The first-order valence-electron chi connectivity index (χ1n) is 6.99. The van der Waals surface area contributed by atoms with Crippen molar-refractivity contribution in [1.29, 1.82) is 0 Å². The zero-order valence-electron chi connectivity index (χ0n) is 12.6. The molecule has 2 aromatic heterocycles. The van der Waals surface area contributed by atoms with Crippen LogP contribution in [0.2, 0.25) is 5.02 Å². The monoisotopic (exact) mass is 316 g/mol. The van der Waals surface area contributed by atoms with E-state index in [1.165, 1.54) is 4.52 Å². The summed E-state index contributed by atoms with van der Waals surface area (Å²) in [7, 11) is 0. The second kappa shape index (κ2) is 5.18. The Hall–Kier alpha value is -2.27. The zero-order valence-corrected chi connectivity index (χ0v) is 13.4. The highest BCUT2D eigenvalue weighted by Crippen LogP contribution is 2.24. The van der Waals surface area contributed by atoms with Gasteiger partial charge in [-0.3, -0.25) is 9.89 Å². The molecule has 2 heterocycles. The molecule has 0 amide bonds. The van der Waals surface area contributed by atoms with Gasteiger partial charge in [0.05, 0.1) is 5.69 Å². The summed E-state index contributed by atoms with van der Waals surface area (Å²) >= 11 is 5.89. The molecule has 0 unspecified atom stereocenters. The highest BCUT2D eigenvalue weighted by Gasteiger charge is 2.19. The van der Waals surface area contributed by atoms with Crippen molar-refractivity contribution in [3.8, 4) is 0 Å². The van der Waals surface area contributed by atoms with Gasteiger partial charge in [-0.05, 0) is 24.3 Å². The molecule has 0 saturated heterocycles. The molecule has 2 N–H and O–H groups in total. The highest BCUT2D eigenvalue weighted by atomic mass is 35.5. The van der Waals surface area contributed by atoms with Crippen molar-refractivity contribution in [3.63, 3.8) is 0 Å². The lowest BCUT2D eigenvalue weighted by molar-refractivity contribution is 0.566. The van der Waals surface area contributed by atoms with Crippen molar-refractivity contribution in [2.75, 3.05) is 5.32 Å². The fourth-order valence-electron chi connectivity index (χ4n) is 2.15. The highest BCUT2D eigenvalue weighted by molar-refractivity contribution is 6.30. The van der Waals surface area contributed by atoms with Gasteiger partial charge in [-0.15, -0.1) is 0 Å². The van der Waals surface area contributed by atoms with E-state index < -0.39 is 0 Å². The van der Waals surface area contributed by atoms with Crippen LogP contribution in [0.5, 0.6) is 0 Å². The maximum Gasteiger partial charge on any atom is 0.272 e. The molecule has 0 aliphatic rings. The number of benzene rings is 1. The molecule has 6 heteroatoms. The maximum absolute atomic E-state index is 12.2. The van der Waals surface area contributed by atoms with Crippen molar-refractivity contribution in [1.82, 2.24) is 14.6 Å². The Morgan fingerprint density at radius 1 is 1.23 bits per heavy atom. The second-order valence-corrected chi connectivity index (χ2v) is 6.64. The fourth-order valence-corrected chi connectivity index (χ4v) is 2.27. The molecule has 0 saturated carbocycles. The molecule has 22 heavy (non-hydrogen) atoms. The number of nitrogens with zero attached hydrogens (tertiary/aromatic N) is 2. The molecule has 0 spiro atoms. The van der Waals surface area contributed by atoms with Crippen LogP contribution < -0.4 is 10.9 Å². The largest absolute Gasteiger partial charge is 0.351 e. The number of aromatic amines is 1. The van der Waals surface area contributed by atoms with Crippen molar-refractivity contribution in [3.05, 3.63) is 57.6 Å². The Bertz CT molecular complexity index is 872. The number of aromatic nitrogens is 3. The van der Waals surface area contributed by atoms with Gasteiger partial charge in [-0.2, -0.15) is 4.52 Å². The lowest BCUT2D eigenvalue weighted by Gasteiger charge is -2.17. The van der Waals surface area contributed by atoms with Crippen LogP contribution in [0, 0.1) is 0 Å². The Balaban J connectivity index is 2.09. The average Bonchev–Trinajstić information content (AvgIpc) is 2.84. The molecular formula is C16H17ClN4O. The maximum atomic E-state index is 12.2. The molecule has 114 valence electrons. The molecule has 0 aliphatic carbocycles. The molecule has 0 radical (unpaired) electrons. The second-order valence-electron chi connectivity index (χ2n) is 6.21. The zero-order chi connectivity index (χ0) is 15.9. The number of nitrogens with one attached hydrogen (secondary N) is 2. The van der Waals surface area contributed by atoms with E-state index in [-0.39, 0.29) is 11.0 Å². The van der Waals surface area contributed by atoms with Gasteiger partial charge >= 0.3 is 0 Å². The van der Waals surface area contributed by atoms with Gasteiger partial charge in [-0.25, -0.2) is 4.98 Å². The predicted octanol–water partition coefficient (Wildman–Crippen LogP) is 3.72. The normalized spacial score (nSPS) is 11.8. The minimum absolute atomic E-state index is 0.126. The van der Waals surface area contributed by atoms with Crippen LogP contribution in [0.25, 0.3) is 5.65 Å². The summed E-state index contributed by atoms with van der Waals surface area (Å²) in [6.07, 6.45) is 1.73. The third-order valence-corrected chi connectivity index (χ3v) is 3.64. The SMILES string of the molecule is CC(C)(C)c1cc(=O)n2[nH]cc(Nc3ccc(Cl)cc3)c2n1. The third-order valence-electron chi connectivity index (χ3n) is 3.39. The van der Waals surface area contributed by atoms with Crippen molar-refractivity contribution < 1.29 is 0 Å². The van der Waals surface area contributed by atoms with E-state index in [1.54, 1.807) is 24.4 Å². The molecule has 0 bridgehead atoms. The summed E-state index contributed by atoms with van der Waals surface area (Å²) < 4.78 is 1.42. The molecular weight excluding hydrogens is 300 g/mol. The molecule has 0 aliphatic heterocycles. The number of halogens is 1. The number of anilines is 2. The van der Waals surface area contributed by atoms with E-state index in [2.05, 4.69) is 15.4 Å². The third kappa shape index (κ3) is 2.72. The van der Waals surface area contributed by atoms with Crippen LogP contribution in [0.1, 0.15) is 26.5 Å². The molecule has 3 aromatic rings.